The van der Waals surface area contributed by atoms with Crippen LogP contribution in [0.25, 0.3) is 0 Å². The Morgan fingerprint density at radius 3 is 2.45 bits per heavy atom. The Labute approximate surface area is 136 Å². The molecule has 2 aromatic carbocycles. The number of hydrogen-bond acceptors (Lipinski definition) is 1. The molecule has 1 aliphatic carbocycles. The number of carbonyl (C=O) groups is 1. The summed E-state index contributed by atoms with van der Waals surface area (Å²) in [6.07, 6.45) is 0.972. The minimum absolute atomic E-state index is 0.148. The van der Waals surface area contributed by atoms with E-state index in [0.717, 1.165) is 23.6 Å². The number of halogens is 1. The van der Waals surface area contributed by atoms with Crippen LogP contribution in [-0.2, 0) is 11.3 Å². The molecule has 1 saturated carbocycles. The number of carbonyl (C=O) groups excluding carboxylic acids is 1. The first kappa shape index (κ1) is 15.1. The average molecular weight is 314 g/mol. The highest BCUT2D eigenvalue weighted by molar-refractivity contribution is 6.30. The van der Waals surface area contributed by atoms with Crippen LogP contribution >= 0.6 is 11.6 Å². The van der Waals surface area contributed by atoms with Crippen LogP contribution in [0.3, 0.4) is 0 Å². The van der Waals surface area contributed by atoms with Crippen molar-refractivity contribution in [2.75, 3.05) is 6.54 Å². The summed E-state index contributed by atoms with van der Waals surface area (Å²) in [5, 5.41) is 0.726. The Balaban J connectivity index is 1.64. The van der Waals surface area contributed by atoms with Crippen molar-refractivity contribution in [2.24, 2.45) is 5.92 Å². The summed E-state index contributed by atoms with van der Waals surface area (Å²) in [5.41, 5.74) is 2.40. The Morgan fingerprint density at radius 2 is 1.82 bits per heavy atom. The van der Waals surface area contributed by atoms with Gasteiger partial charge in [-0.15, -0.1) is 0 Å². The standard InChI is InChI=1S/C19H20ClNO/c1-2-21(13-14-8-10-16(20)11-9-14)19(22)18-12-17(18)15-6-4-3-5-7-15/h3-11,17-18H,2,12-13H2,1H3/t17-,18+/m0/s1. The van der Waals surface area contributed by atoms with Crippen LogP contribution in [-0.4, -0.2) is 17.4 Å². The summed E-state index contributed by atoms with van der Waals surface area (Å²) in [4.78, 5) is 14.6. The Bertz CT molecular complexity index is 638. The lowest BCUT2D eigenvalue weighted by Crippen LogP contribution is -2.31. The van der Waals surface area contributed by atoms with E-state index in [1.807, 2.05) is 54.3 Å². The number of hydrogen-bond donors (Lipinski definition) is 0. The Kier molecular flexibility index (Phi) is 4.49. The molecule has 1 amide bonds. The van der Waals surface area contributed by atoms with Crippen molar-refractivity contribution in [3.05, 3.63) is 70.7 Å². The molecule has 0 aliphatic heterocycles. The summed E-state index contributed by atoms with van der Waals surface area (Å²) in [7, 11) is 0. The third-order valence-electron chi connectivity index (χ3n) is 4.32. The highest BCUT2D eigenvalue weighted by atomic mass is 35.5. The van der Waals surface area contributed by atoms with E-state index in [1.54, 1.807) is 0 Å². The summed E-state index contributed by atoms with van der Waals surface area (Å²) in [6, 6.07) is 18.1. The van der Waals surface area contributed by atoms with Crippen molar-refractivity contribution in [1.29, 1.82) is 0 Å². The van der Waals surface area contributed by atoms with Gasteiger partial charge in [0.05, 0.1) is 0 Å². The molecule has 0 bridgehead atoms. The van der Waals surface area contributed by atoms with Crippen LogP contribution in [0.2, 0.25) is 5.02 Å². The van der Waals surface area contributed by atoms with Gasteiger partial charge < -0.3 is 4.90 Å². The maximum absolute atomic E-state index is 12.7. The van der Waals surface area contributed by atoms with Crippen LogP contribution in [0.15, 0.2) is 54.6 Å². The molecule has 0 spiro atoms. The molecule has 0 N–H and O–H groups in total. The fourth-order valence-electron chi connectivity index (χ4n) is 2.93. The van der Waals surface area contributed by atoms with E-state index in [4.69, 9.17) is 11.6 Å². The van der Waals surface area contributed by atoms with E-state index in [9.17, 15) is 4.79 Å². The summed E-state index contributed by atoms with van der Waals surface area (Å²) < 4.78 is 0. The molecule has 0 aromatic heterocycles. The SMILES string of the molecule is CCN(Cc1ccc(Cl)cc1)C(=O)[C@@H]1C[C@H]1c1ccccc1. The van der Waals surface area contributed by atoms with Crippen LogP contribution in [0.1, 0.15) is 30.4 Å². The van der Waals surface area contributed by atoms with Crippen molar-refractivity contribution in [3.63, 3.8) is 0 Å². The van der Waals surface area contributed by atoms with E-state index >= 15 is 0 Å². The molecule has 1 aliphatic rings. The minimum Gasteiger partial charge on any atom is -0.338 e. The lowest BCUT2D eigenvalue weighted by Gasteiger charge is -2.21. The van der Waals surface area contributed by atoms with Crippen LogP contribution in [0.4, 0.5) is 0 Å². The highest BCUT2D eigenvalue weighted by Gasteiger charge is 2.45. The molecule has 0 heterocycles. The average Bonchev–Trinajstić information content (AvgIpc) is 3.35. The molecular weight excluding hydrogens is 294 g/mol. The largest absolute Gasteiger partial charge is 0.338 e. The van der Waals surface area contributed by atoms with Gasteiger partial charge >= 0.3 is 0 Å². The molecule has 0 unspecified atom stereocenters. The van der Waals surface area contributed by atoms with Crippen molar-refractivity contribution in [1.82, 2.24) is 4.90 Å². The zero-order valence-corrected chi connectivity index (χ0v) is 13.5. The first-order valence-corrected chi connectivity index (χ1v) is 8.15. The van der Waals surface area contributed by atoms with Crippen molar-refractivity contribution < 1.29 is 4.79 Å². The van der Waals surface area contributed by atoms with Crippen molar-refractivity contribution in [3.8, 4) is 0 Å². The topological polar surface area (TPSA) is 20.3 Å². The van der Waals surface area contributed by atoms with Gasteiger partial charge in [-0.2, -0.15) is 0 Å². The minimum atomic E-state index is 0.148. The second-order valence-electron chi connectivity index (χ2n) is 5.84. The number of rotatable bonds is 5. The third kappa shape index (κ3) is 3.33. The van der Waals surface area contributed by atoms with Crippen LogP contribution in [0.5, 0.6) is 0 Å². The predicted molar refractivity (Wildman–Crippen MR) is 89.8 cm³/mol. The van der Waals surface area contributed by atoms with E-state index in [1.165, 1.54) is 5.56 Å². The smallest absolute Gasteiger partial charge is 0.226 e. The van der Waals surface area contributed by atoms with Gasteiger partial charge in [-0.1, -0.05) is 54.1 Å². The second kappa shape index (κ2) is 6.53. The molecule has 2 aromatic rings. The quantitative estimate of drug-likeness (QED) is 0.796. The molecule has 2 nitrogen and oxygen atoms in total. The highest BCUT2D eigenvalue weighted by Crippen LogP contribution is 2.48. The fraction of sp³-hybridized carbons (Fsp3) is 0.316. The Morgan fingerprint density at radius 1 is 1.14 bits per heavy atom. The second-order valence-corrected chi connectivity index (χ2v) is 6.27. The first-order chi connectivity index (χ1) is 10.7. The van der Waals surface area contributed by atoms with Gasteiger partial charge in [0.15, 0.2) is 0 Å². The number of benzene rings is 2. The lowest BCUT2D eigenvalue weighted by molar-refractivity contribution is -0.133. The molecule has 2 atom stereocenters. The fourth-order valence-corrected chi connectivity index (χ4v) is 3.05. The first-order valence-electron chi connectivity index (χ1n) is 7.77. The summed E-state index contributed by atoms with van der Waals surface area (Å²) in [6.45, 7) is 3.43. The van der Waals surface area contributed by atoms with Gasteiger partial charge in [0.25, 0.3) is 0 Å². The number of amides is 1. The molecule has 0 radical (unpaired) electrons. The molecule has 3 rings (SSSR count). The lowest BCUT2D eigenvalue weighted by atomic mass is 10.1. The molecule has 3 heteroatoms. The maximum atomic E-state index is 12.7. The third-order valence-corrected chi connectivity index (χ3v) is 4.57. The van der Waals surface area contributed by atoms with Crippen LogP contribution < -0.4 is 0 Å². The van der Waals surface area contributed by atoms with Gasteiger partial charge in [-0.05, 0) is 42.5 Å². The van der Waals surface area contributed by atoms with Crippen molar-refractivity contribution >= 4 is 17.5 Å². The van der Waals surface area contributed by atoms with Gasteiger partial charge in [0, 0.05) is 24.0 Å². The van der Waals surface area contributed by atoms with E-state index in [-0.39, 0.29) is 11.8 Å². The Hall–Kier alpha value is -1.80. The summed E-state index contributed by atoms with van der Waals surface area (Å²) >= 11 is 5.91. The zero-order chi connectivity index (χ0) is 15.5. The van der Waals surface area contributed by atoms with Crippen LogP contribution in [0, 0.1) is 5.92 Å². The molecule has 114 valence electrons. The number of nitrogens with zero attached hydrogens (tertiary/aromatic N) is 1. The van der Waals surface area contributed by atoms with Gasteiger partial charge in [-0.25, -0.2) is 0 Å². The maximum Gasteiger partial charge on any atom is 0.226 e. The summed E-state index contributed by atoms with van der Waals surface area (Å²) in [5.74, 6) is 0.814. The van der Waals surface area contributed by atoms with Crippen molar-refractivity contribution in [2.45, 2.75) is 25.8 Å². The predicted octanol–water partition coefficient (Wildman–Crippen LogP) is 4.49. The zero-order valence-electron chi connectivity index (χ0n) is 12.7. The normalized spacial score (nSPS) is 19.7. The van der Waals surface area contributed by atoms with Gasteiger partial charge in [-0.3, -0.25) is 4.79 Å². The van der Waals surface area contributed by atoms with E-state index in [2.05, 4.69) is 12.1 Å². The van der Waals surface area contributed by atoms with E-state index in [0.29, 0.717) is 12.5 Å². The molecule has 22 heavy (non-hydrogen) atoms. The monoisotopic (exact) mass is 313 g/mol. The van der Waals surface area contributed by atoms with Gasteiger partial charge in [0.1, 0.15) is 0 Å². The molecule has 0 saturated heterocycles. The van der Waals surface area contributed by atoms with E-state index < -0.39 is 0 Å². The van der Waals surface area contributed by atoms with Gasteiger partial charge in [0.2, 0.25) is 5.91 Å². The molecule has 1 fully saturated rings. The molecular formula is C19H20ClNO.